The van der Waals surface area contributed by atoms with E-state index in [1.54, 1.807) is 12.1 Å². The summed E-state index contributed by atoms with van der Waals surface area (Å²) in [5, 5.41) is 0. The fourth-order valence-corrected chi connectivity index (χ4v) is 6.53. The van der Waals surface area contributed by atoms with Gasteiger partial charge in [-0.1, -0.05) is 147 Å². The molecule has 0 spiro atoms. The maximum absolute atomic E-state index is 8.89. The summed E-state index contributed by atoms with van der Waals surface area (Å²) >= 11 is 0. The second-order valence-electron chi connectivity index (χ2n) is 11.9. The second-order valence-corrected chi connectivity index (χ2v) is 11.9. The highest BCUT2D eigenvalue weighted by molar-refractivity contribution is 5.88. The Labute approximate surface area is 286 Å². The van der Waals surface area contributed by atoms with Gasteiger partial charge in [0.15, 0.2) is 0 Å². The minimum atomic E-state index is -0.535. The SMILES string of the molecule is [2H]c1c([2H])c([2H])c(-c2cc(-c3c([2H])c([2H])c([2H])c([2H])c3[2H])cc(N(c3ccc(-c4ccccc4)cc3)c3ccc4c(c3)C(C)(C)c3ccccc3-4)c2)c([2H])c1[2H]. The lowest BCUT2D eigenvalue weighted by Crippen LogP contribution is -2.16. The van der Waals surface area contributed by atoms with Gasteiger partial charge in [-0.05, 0) is 98.1 Å². The average molecular weight is 600 g/mol. The van der Waals surface area contributed by atoms with Crippen molar-refractivity contribution in [3.05, 3.63) is 187 Å². The number of fused-ring (bicyclic) bond motifs is 3. The van der Waals surface area contributed by atoms with E-state index < -0.39 is 60.4 Å². The molecule has 0 fully saturated rings. The fourth-order valence-electron chi connectivity index (χ4n) is 6.53. The van der Waals surface area contributed by atoms with Crippen molar-refractivity contribution < 1.29 is 13.7 Å². The third-order valence-electron chi connectivity index (χ3n) is 8.81. The molecule has 0 saturated heterocycles. The van der Waals surface area contributed by atoms with Crippen molar-refractivity contribution in [3.8, 4) is 44.5 Å². The van der Waals surface area contributed by atoms with Gasteiger partial charge in [0.05, 0.1) is 13.7 Å². The average Bonchev–Trinajstić information content (AvgIpc) is 3.44. The third-order valence-corrected chi connectivity index (χ3v) is 8.81. The monoisotopic (exact) mass is 599 g/mol. The van der Waals surface area contributed by atoms with Crippen LogP contribution in [0.2, 0.25) is 0 Å². The zero-order valence-corrected chi connectivity index (χ0v) is 25.4. The maximum Gasteiger partial charge on any atom is 0.0629 e. The maximum atomic E-state index is 8.89. The van der Waals surface area contributed by atoms with Crippen LogP contribution in [0.1, 0.15) is 38.7 Å². The molecule has 1 aliphatic rings. The van der Waals surface area contributed by atoms with Crippen LogP contribution in [0.25, 0.3) is 44.5 Å². The molecule has 8 rings (SSSR count). The molecule has 7 aromatic carbocycles. The van der Waals surface area contributed by atoms with E-state index in [0.29, 0.717) is 5.69 Å². The highest BCUT2D eigenvalue weighted by Crippen LogP contribution is 2.51. The number of hydrogen-bond donors (Lipinski definition) is 0. The molecule has 0 bridgehead atoms. The summed E-state index contributed by atoms with van der Waals surface area (Å²) in [6, 6.07) is 32.8. The highest BCUT2D eigenvalue weighted by atomic mass is 15.1. The molecule has 0 saturated carbocycles. The molecule has 0 heterocycles. The highest BCUT2D eigenvalue weighted by Gasteiger charge is 2.35. The second kappa shape index (κ2) is 11.4. The van der Waals surface area contributed by atoms with Gasteiger partial charge in [-0.25, -0.2) is 0 Å². The standard InChI is InChI=1S/C45H35N/c1-45(2)43-21-13-12-20-41(43)42-27-26-39(31-44(42)45)46(38-24-22-35(23-25-38)32-14-6-3-7-15-32)40-29-36(33-16-8-4-9-17-33)28-37(30-40)34-18-10-5-11-19-34/h3-31H,1-2H3/i4D,5D,8D,9D,10D,11D,16D,17D,18D,19D. The fraction of sp³-hybridized carbons (Fsp3) is 0.0667. The first kappa shape index (κ1) is 19.0. The Bertz CT molecular complexity index is 2580. The van der Waals surface area contributed by atoms with E-state index in [0.717, 1.165) is 39.2 Å². The van der Waals surface area contributed by atoms with Crippen LogP contribution >= 0.6 is 0 Å². The Kier molecular flexibility index (Phi) is 4.69. The summed E-state index contributed by atoms with van der Waals surface area (Å²) in [5.74, 6) is 0. The minimum Gasteiger partial charge on any atom is -0.310 e. The molecule has 0 aliphatic heterocycles. The molecule has 0 N–H and O–H groups in total. The first-order chi connectivity index (χ1) is 26.7. The van der Waals surface area contributed by atoms with Crippen molar-refractivity contribution in [3.63, 3.8) is 0 Å². The Morgan fingerprint density at radius 1 is 0.413 bits per heavy atom. The topological polar surface area (TPSA) is 3.24 Å². The lowest BCUT2D eigenvalue weighted by atomic mass is 9.82. The molecule has 0 radical (unpaired) electrons. The van der Waals surface area contributed by atoms with Crippen LogP contribution in [0, 0.1) is 0 Å². The molecule has 1 nitrogen and oxygen atoms in total. The first-order valence-electron chi connectivity index (χ1n) is 20.2. The van der Waals surface area contributed by atoms with Gasteiger partial charge in [0.2, 0.25) is 0 Å². The summed E-state index contributed by atoms with van der Waals surface area (Å²) in [4.78, 5) is 1.99. The number of benzene rings is 7. The zero-order valence-electron chi connectivity index (χ0n) is 35.4. The summed E-state index contributed by atoms with van der Waals surface area (Å²) in [5.41, 5.74) is 8.57. The molecule has 0 unspecified atom stereocenters. The van der Waals surface area contributed by atoms with Gasteiger partial charge in [0.1, 0.15) is 0 Å². The molecule has 46 heavy (non-hydrogen) atoms. The zero-order chi connectivity index (χ0) is 39.8. The lowest BCUT2D eigenvalue weighted by Gasteiger charge is -2.29. The Balaban J connectivity index is 1.43. The molecule has 7 aromatic rings. The Morgan fingerprint density at radius 3 is 1.61 bits per heavy atom. The number of rotatable bonds is 6. The minimum absolute atomic E-state index is 0.0728. The van der Waals surface area contributed by atoms with E-state index in [2.05, 4.69) is 38.1 Å². The Hall–Kier alpha value is -5.66. The van der Waals surface area contributed by atoms with Gasteiger partial charge in [0, 0.05) is 22.5 Å². The first-order valence-corrected chi connectivity index (χ1v) is 15.2. The summed E-state index contributed by atoms with van der Waals surface area (Å²) in [6.45, 7) is 4.38. The Morgan fingerprint density at radius 2 is 0.957 bits per heavy atom. The van der Waals surface area contributed by atoms with Gasteiger partial charge in [-0.3, -0.25) is 0 Å². The molecule has 0 aromatic heterocycles. The number of hydrogen-bond acceptors (Lipinski definition) is 1. The normalized spacial score (nSPS) is 15.8. The van der Waals surface area contributed by atoms with Gasteiger partial charge in [0.25, 0.3) is 0 Å². The van der Waals surface area contributed by atoms with Crippen LogP contribution in [0.15, 0.2) is 176 Å². The molecule has 1 aliphatic carbocycles. The van der Waals surface area contributed by atoms with Gasteiger partial charge < -0.3 is 4.90 Å². The molecule has 220 valence electrons. The van der Waals surface area contributed by atoms with Crippen molar-refractivity contribution in [1.82, 2.24) is 0 Å². The van der Waals surface area contributed by atoms with Crippen molar-refractivity contribution in [2.75, 3.05) is 4.90 Å². The summed E-state index contributed by atoms with van der Waals surface area (Å²) < 4.78 is 85.9. The van der Waals surface area contributed by atoms with Gasteiger partial charge >= 0.3 is 0 Å². The van der Waals surface area contributed by atoms with E-state index in [1.165, 1.54) is 11.6 Å². The predicted octanol–water partition coefficient (Wildman–Crippen LogP) is 12.5. The molecular weight excluding hydrogens is 555 g/mol. The number of anilines is 3. The van der Waals surface area contributed by atoms with E-state index in [-0.39, 0.29) is 27.7 Å². The largest absolute Gasteiger partial charge is 0.310 e. The smallest absolute Gasteiger partial charge is 0.0629 e. The molecular formula is C45H35N. The van der Waals surface area contributed by atoms with Crippen LogP contribution in [0.4, 0.5) is 17.1 Å². The van der Waals surface area contributed by atoms with E-state index in [1.807, 2.05) is 77.7 Å². The van der Waals surface area contributed by atoms with Gasteiger partial charge in [-0.2, -0.15) is 0 Å². The quantitative estimate of drug-likeness (QED) is 0.184. The predicted molar refractivity (Wildman–Crippen MR) is 195 cm³/mol. The van der Waals surface area contributed by atoms with Crippen molar-refractivity contribution in [2.45, 2.75) is 19.3 Å². The van der Waals surface area contributed by atoms with Crippen LogP contribution < -0.4 is 4.90 Å². The summed E-state index contributed by atoms with van der Waals surface area (Å²) in [7, 11) is 0. The molecule has 0 atom stereocenters. The van der Waals surface area contributed by atoms with Gasteiger partial charge in [-0.15, -0.1) is 0 Å². The third kappa shape index (κ3) is 4.91. The summed E-state index contributed by atoms with van der Waals surface area (Å²) in [6.07, 6.45) is 0. The van der Waals surface area contributed by atoms with Crippen LogP contribution in [0.3, 0.4) is 0 Å². The van der Waals surface area contributed by atoms with Crippen molar-refractivity contribution in [2.24, 2.45) is 0 Å². The van der Waals surface area contributed by atoms with Crippen molar-refractivity contribution >= 4 is 17.1 Å². The van der Waals surface area contributed by atoms with Crippen LogP contribution in [0.5, 0.6) is 0 Å². The van der Waals surface area contributed by atoms with Crippen LogP contribution in [-0.2, 0) is 5.41 Å². The van der Waals surface area contributed by atoms with E-state index in [9.17, 15) is 0 Å². The number of nitrogens with zero attached hydrogens (tertiary/aromatic N) is 1. The van der Waals surface area contributed by atoms with Crippen molar-refractivity contribution in [1.29, 1.82) is 0 Å². The molecule has 0 amide bonds. The van der Waals surface area contributed by atoms with Crippen LogP contribution in [-0.4, -0.2) is 0 Å². The lowest BCUT2D eigenvalue weighted by molar-refractivity contribution is 0.660. The van der Waals surface area contributed by atoms with E-state index >= 15 is 0 Å². The van der Waals surface area contributed by atoms with E-state index in [4.69, 9.17) is 13.7 Å². The molecule has 1 heteroatoms.